The molecule has 0 atom stereocenters. The topological polar surface area (TPSA) is 99.5 Å². The molecule has 0 fully saturated rings. The van der Waals surface area contributed by atoms with Gasteiger partial charge in [-0.15, -0.1) is 0 Å². The maximum absolute atomic E-state index is 12.3. The van der Waals surface area contributed by atoms with E-state index >= 15 is 0 Å². The number of aromatic nitrogens is 2. The molecule has 0 radical (unpaired) electrons. The largest absolute Gasteiger partial charge is 0.466 e. The van der Waals surface area contributed by atoms with Gasteiger partial charge in [-0.3, -0.25) is 9.59 Å². The molecule has 0 spiro atoms. The van der Waals surface area contributed by atoms with Crippen LogP contribution in [0, 0.1) is 6.92 Å². The summed E-state index contributed by atoms with van der Waals surface area (Å²) in [6, 6.07) is 9.57. The second-order valence-corrected chi connectivity index (χ2v) is 6.59. The van der Waals surface area contributed by atoms with Crippen LogP contribution < -0.4 is 5.32 Å². The highest BCUT2D eigenvalue weighted by Gasteiger charge is 2.22. The standard InChI is InChI=1S/C20H24ClN3O5/c1-3-28-17(26)10-7-11-22-16(25)13-29-20(27)18-14(2)23-24(19(18)21)12-15-8-5-4-6-9-15/h4-6,8-9H,3,7,10-13H2,1-2H3,(H,22,25). The van der Waals surface area contributed by atoms with Crippen molar-refractivity contribution in [2.24, 2.45) is 0 Å². The van der Waals surface area contributed by atoms with Crippen LogP contribution in [0.4, 0.5) is 0 Å². The summed E-state index contributed by atoms with van der Waals surface area (Å²) < 4.78 is 11.4. The summed E-state index contributed by atoms with van der Waals surface area (Å²) in [5.74, 6) is -1.49. The van der Waals surface area contributed by atoms with Crippen molar-refractivity contribution >= 4 is 29.4 Å². The van der Waals surface area contributed by atoms with Crippen molar-refractivity contribution in [1.82, 2.24) is 15.1 Å². The number of esters is 2. The van der Waals surface area contributed by atoms with Crippen LogP contribution in [0.5, 0.6) is 0 Å². The Bertz CT molecular complexity index is 851. The molecule has 1 aromatic carbocycles. The number of nitrogens with one attached hydrogen (secondary N) is 1. The number of rotatable bonds is 10. The lowest BCUT2D eigenvalue weighted by Gasteiger charge is -2.07. The van der Waals surface area contributed by atoms with Gasteiger partial charge in [0.25, 0.3) is 5.91 Å². The molecular weight excluding hydrogens is 398 g/mol. The van der Waals surface area contributed by atoms with Crippen LogP contribution in [0.1, 0.15) is 41.4 Å². The molecule has 0 unspecified atom stereocenters. The van der Waals surface area contributed by atoms with Crippen molar-refractivity contribution in [1.29, 1.82) is 0 Å². The van der Waals surface area contributed by atoms with E-state index in [1.807, 2.05) is 30.3 Å². The number of hydrogen-bond donors (Lipinski definition) is 1. The van der Waals surface area contributed by atoms with Crippen molar-refractivity contribution in [3.8, 4) is 0 Å². The Morgan fingerprint density at radius 2 is 1.90 bits per heavy atom. The van der Waals surface area contributed by atoms with Gasteiger partial charge in [-0.1, -0.05) is 41.9 Å². The maximum atomic E-state index is 12.3. The summed E-state index contributed by atoms with van der Waals surface area (Å²) in [4.78, 5) is 35.4. The van der Waals surface area contributed by atoms with Crippen LogP contribution in [0.3, 0.4) is 0 Å². The zero-order chi connectivity index (χ0) is 21.2. The minimum Gasteiger partial charge on any atom is -0.466 e. The van der Waals surface area contributed by atoms with E-state index in [-0.39, 0.29) is 29.7 Å². The van der Waals surface area contributed by atoms with Crippen molar-refractivity contribution in [2.75, 3.05) is 19.8 Å². The third-order valence-electron chi connectivity index (χ3n) is 3.96. The van der Waals surface area contributed by atoms with E-state index in [1.54, 1.807) is 13.8 Å². The Morgan fingerprint density at radius 3 is 2.59 bits per heavy atom. The average Bonchev–Trinajstić information content (AvgIpc) is 2.97. The summed E-state index contributed by atoms with van der Waals surface area (Å²) in [7, 11) is 0. The van der Waals surface area contributed by atoms with Gasteiger partial charge in [0.1, 0.15) is 10.7 Å². The highest BCUT2D eigenvalue weighted by Crippen LogP contribution is 2.21. The molecule has 156 valence electrons. The van der Waals surface area contributed by atoms with Crippen molar-refractivity contribution < 1.29 is 23.9 Å². The smallest absolute Gasteiger partial charge is 0.343 e. The molecule has 8 nitrogen and oxygen atoms in total. The molecule has 0 aliphatic heterocycles. The number of carbonyl (C=O) groups is 3. The Kier molecular flexibility index (Phi) is 8.67. The van der Waals surface area contributed by atoms with Crippen molar-refractivity contribution in [3.05, 3.63) is 52.3 Å². The molecule has 1 aromatic heterocycles. The molecule has 2 rings (SSSR count). The first-order valence-corrected chi connectivity index (χ1v) is 9.66. The predicted molar refractivity (Wildman–Crippen MR) is 107 cm³/mol. The summed E-state index contributed by atoms with van der Waals surface area (Å²) in [6.45, 7) is 3.95. The SMILES string of the molecule is CCOC(=O)CCCNC(=O)COC(=O)c1c(C)nn(Cc2ccccc2)c1Cl. The van der Waals surface area contributed by atoms with Crippen molar-refractivity contribution in [3.63, 3.8) is 0 Å². The van der Waals surface area contributed by atoms with E-state index in [0.717, 1.165) is 5.56 Å². The third kappa shape index (κ3) is 6.90. The van der Waals surface area contributed by atoms with Gasteiger partial charge in [-0.05, 0) is 25.8 Å². The van der Waals surface area contributed by atoms with E-state index in [9.17, 15) is 14.4 Å². The van der Waals surface area contributed by atoms with Gasteiger partial charge in [0.05, 0.1) is 18.8 Å². The lowest BCUT2D eigenvalue weighted by molar-refractivity contribution is -0.143. The Labute approximate surface area is 174 Å². The summed E-state index contributed by atoms with van der Waals surface area (Å²) >= 11 is 6.30. The maximum Gasteiger partial charge on any atom is 0.343 e. The minimum atomic E-state index is -0.714. The summed E-state index contributed by atoms with van der Waals surface area (Å²) in [6.07, 6.45) is 0.652. The van der Waals surface area contributed by atoms with E-state index in [1.165, 1.54) is 4.68 Å². The number of benzene rings is 1. The van der Waals surface area contributed by atoms with E-state index < -0.39 is 18.5 Å². The van der Waals surface area contributed by atoms with Crippen molar-refractivity contribution in [2.45, 2.75) is 33.2 Å². The average molecular weight is 422 g/mol. The number of halogens is 1. The molecule has 0 saturated carbocycles. The molecule has 0 aliphatic carbocycles. The number of carbonyl (C=O) groups excluding carboxylic acids is 3. The van der Waals surface area contributed by atoms with Gasteiger partial charge < -0.3 is 14.8 Å². The first-order valence-electron chi connectivity index (χ1n) is 9.28. The Hall–Kier alpha value is -2.87. The van der Waals surface area contributed by atoms with Gasteiger partial charge in [-0.25, -0.2) is 9.48 Å². The summed E-state index contributed by atoms with van der Waals surface area (Å²) in [5, 5.41) is 7.02. The molecule has 0 bridgehead atoms. The predicted octanol–water partition coefficient (Wildman–Crippen LogP) is 2.51. The normalized spacial score (nSPS) is 10.4. The fourth-order valence-electron chi connectivity index (χ4n) is 2.59. The van der Waals surface area contributed by atoms with E-state index in [4.69, 9.17) is 21.1 Å². The van der Waals surface area contributed by atoms with Gasteiger partial charge in [0.15, 0.2) is 6.61 Å². The van der Waals surface area contributed by atoms with Gasteiger partial charge in [0.2, 0.25) is 0 Å². The second-order valence-electron chi connectivity index (χ2n) is 6.23. The number of hydrogen-bond acceptors (Lipinski definition) is 6. The molecule has 0 aliphatic rings. The highest BCUT2D eigenvalue weighted by atomic mass is 35.5. The van der Waals surface area contributed by atoms with Crippen LogP contribution >= 0.6 is 11.6 Å². The molecule has 29 heavy (non-hydrogen) atoms. The van der Waals surface area contributed by atoms with Crippen LogP contribution in [-0.2, 0) is 25.6 Å². The first-order chi connectivity index (χ1) is 13.9. The van der Waals surface area contributed by atoms with Crippen LogP contribution in [0.25, 0.3) is 0 Å². The number of ether oxygens (including phenoxy) is 2. The second kappa shape index (κ2) is 11.2. The number of amides is 1. The third-order valence-corrected chi connectivity index (χ3v) is 4.35. The van der Waals surface area contributed by atoms with Gasteiger partial charge in [0, 0.05) is 13.0 Å². The molecule has 2 aromatic rings. The molecule has 9 heteroatoms. The zero-order valence-corrected chi connectivity index (χ0v) is 17.2. The highest BCUT2D eigenvalue weighted by molar-refractivity contribution is 6.32. The quantitative estimate of drug-likeness (QED) is 0.467. The fraction of sp³-hybridized carbons (Fsp3) is 0.400. The summed E-state index contributed by atoms with van der Waals surface area (Å²) in [5.41, 5.74) is 1.54. The lowest BCUT2D eigenvalue weighted by Crippen LogP contribution is -2.30. The molecule has 1 heterocycles. The van der Waals surface area contributed by atoms with E-state index in [0.29, 0.717) is 25.3 Å². The van der Waals surface area contributed by atoms with Crippen LogP contribution in [-0.4, -0.2) is 47.4 Å². The monoisotopic (exact) mass is 421 g/mol. The van der Waals surface area contributed by atoms with Crippen LogP contribution in [0.15, 0.2) is 30.3 Å². The van der Waals surface area contributed by atoms with E-state index in [2.05, 4.69) is 10.4 Å². The lowest BCUT2D eigenvalue weighted by atomic mass is 10.2. The molecule has 0 saturated heterocycles. The van der Waals surface area contributed by atoms with Crippen LogP contribution in [0.2, 0.25) is 5.15 Å². The Morgan fingerprint density at radius 1 is 1.17 bits per heavy atom. The van der Waals surface area contributed by atoms with Gasteiger partial charge >= 0.3 is 11.9 Å². The minimum absolute atomic E-state index is 0.137. The zero-order valence-electron chi connectivity index (χ0n) is 16.4. The fourth-order valence-corrected chi connectivity index (χ4v) is 2.91. The molecule has 1 amide bonds. The Balaban J connectivity index is 1.83. The molecular formula is C20H24ClN3O5. The number of aryl methyl sites for hydroxylation is 1. The molecule has 1 N–H and O–H groups in total. The number of nitrogens with zero attached hydrogens (tertiary/aromatic N) is 2. The first kappa shape index (κ1) is 22.4. The van der Waals surface area contributed by atoms with Gasteiger partial charge in [-0.2, -0.15) is 5.10 Å².